The van der Waals surface area contributed by atoms with E-state index in [2.05, 4.69) is 26.2 Å². The fourth-order valence-electron chi connectivity index (χ4n) is 2.90. The molecule has 0 saturated carbocycles. The predicted molar refractivity (Wildman–Crippen MR) is 114 cm³/mol. The van der Waals surface area contributed by atoms with Crippen LogP contribution in [-0.4, -0.2) is 15.0 Å². The zero-order valence-corrected chi connectivity index (χ0v) is 15.7. The molecule has 0 aliphatic rings. The van der Waals surface area contributed by atoms with Crippen LogP contribution in [0, 0.1) is 12.3 Å². The van der Waals surface area contributed by atoms with Gasteiger partial charge in [-0.15, -0.1) is 6.42 Å². The summed E-state index contributed by atoms with van der Waals surface area (Å²) in [4.78, 5) is 13.1. The monoisotopic (exact) mass is 381 g/mol. The van der Waals surface area contributed by atoms with Crippen LogP contribution >= 0.6 is 0 Å². The average molecular weight is 381 g/mol. The maximum Gasteiger partial charge on any atom is 0.227 e. The number of anilines is 2. The second kappa shape index (κ2) is 8.38. The zero-order chi connectivity index (χ0) is 20.1. The Bertz CT molecular complexity index is 1180. The molecule has 29 heavy (non-hydrogen) atoms. The van der Waals surface area contributed by atoms with Crippen molar-refractivity contribution in [2.75, 3.05) is 5.32 Å². The minimum Gasteiger partial charge on any atom is -0.487 e. The second-order valence-electron chi connectivity index (χ2n) is 6.42. The summed E-state index contributed by atoms with van der Waals surface area (Å²) in [5.41, 5.74) is 9.96. The molecule has 0 aliphatic heterocycles. The summed E-state index contributed by atoms with van der Waals surface area (Å²) in [5, 5.41) is 4.05. The van der Waals surface area contributed by atoms with Gasteiger partial charge in [0.05, 0.1) is 11.1 Å². The summed E-state index contributed by atoms with van der Waals surface area (Å²) in [5.74, 6) is 3.75. The first-order valence-corrected chi connectivity index (χ1v) is 9.10. The first kappa shape index (κ1) is 18.4. The molecule has 6 nitrogen and oxygen atoms in total. The highest BCUT2D eigenvalue weighted by Gasteiger charge is 2.08. The van der Waals surface area contributed by atoms with Gasteiger partial charge in [-0.1, -0.05) is 24.1 Å². The smallest absolute Gasteiger partial charge is 0.227 e. The normalized spacial score (nSPS) is 10.5. The van der Waals surface area contributed by atoms with Gasteiger partial charge in [-0.3, -0.25) is 4.98 Å². The van der Waals surface area contributed by atoms with E-state index in [0.717, 1.165) is 27.7 Å². The lowest BCUT2D eigenvalue weighted by molar-refractivity contribution is 0.305. The van der Waals surface area contributed by atoms with Crippen molar-refractivity contribution in [3.63, 3.8) is 0 Å². The van der Waals surface area contributed by atoms with Gasteiger partial charge >= 0.3 is 0 Å². The summed E-state index contributed by atoms with van der Waals surface area (Å²) < 4.78 is 5.93. The highest BCUT2D eigenvalue weighted by Crippen LogP contribution is 2.26. The summed E-state index contributed by atoms with van der Waals surface area (Å²) in [6, 6.07) is 15.3. The first-order valence-electron chi connectivity index (χ1n) is 9.10. The van der Waals surface area contributed by atoms with E-state index in [4.69, 9.17) is 16.9 Å². The van der Waals surface area contributed by atoms with Crippen molar-refractivity contribution in [1.82, 2.24) is 15.0 Å². The molecule has 0 aliphatic carbocycles. The van der Waals surface area contributed by atoms with Crippen molar-refractivity contribution in [2.45, 2.75) is 13.2 Å². The number of terminal acetylenes is 1. The Morgan fingerprint density at radius 2 is 1.97 bits per heavy atom. The number of pyridine rings is 1. The standard InChI is InChI=1S/C23H19N5O/c1-2-18-10-19-14-26-23(27-20-7-3-5-16(9-20)12-24)28-21(19)11-22(18)29-15-17-6-4-8-25-13-17/h1,3-11,13-14H,12,15,24H2,(H,26,27,28). The number of ether oxygens (including phenoxy) is 1. The van der Waals surface area contributed by atoms with Gasteiger partial charge in [0.25, 0.3) is 0 Å². The quantitative estimate of drug-likeness (QED) is 0.494. The van der Waals surface area contributed by atoms with Gasteiger partial charge in [-0.2, -0.15) is 0 Å². The van der Waals surface area contributed by atoms with Gasteiger partial charge in [0, 0.05) is 47.8 Å². The van der Waals surface area contributed by atoms with E-state index in [0.29, 0.717) is 30.4 Å². The third-order valence-corrected chi connectivity index (χ3v) is 4.37. The van der Waals surface area contributed by atoms with E-state index in [-0.39, 0.29) is 0 Å². The van der Waals surface area contributed by atoms with Crippen LogP contribution in [-0.2, 0) is 13.2 Å². The molecule has 4 aromatic rings. The van der Waals surface area contributed by atoms with Crippen LogP contribution < -0.4 is 15.8 Å². The van der Waals surface area contributed by atoms with Crippen LogP contribution in [0.15, 0.2) is 67.1 Å². The maximum absolute atomic E-state index is 5.93. The van der Waals surface area contributed by atoms with Crippen molar-refractivity contribution in [2.24, 2.45) is 5.73 Å². The molecule has 4 rings (SSSR count). The highest BCUT2D eigenvalue weighted by molar-refractivity contribution is 5.83. The molecule has 0 radical (unpaired) electrons. The summed E-state index contributed by atoms with van der Waals surface area (Å²) in [6.45, 7) is 0.844. The van der Waals surface area contributed by atoms with Crippen LogP contribution in [0.3, 0.4) is 0 Å². The molecular weight excluding hydrogens is 362 g/mol. The Morgan fingerprint density at radius 1 is 1.07 bits per heavy atom. The average Bonchev–Trinajstić information content (AvgIpc) is 2.77. The molecule has 0 atom stereocenters. The Labute approximate surface area is 168 Å². The summed E-state index contributed by atoms with van der Waals surface area (Å²) >= 11 is 0. The van der Waals surface area contributed by atoms with Crippen LogP contribution in [0.2, 0.25) is 0 Å². The predicted octanol–water partition coefficient (Wildman–Crippen LogP) is 3.79. The number of nitrogens with one attached hydrogen (secondary N) is 1. The van der Waals surface area contributed by atoms with E-state index >= 15 is 0 Å². The molecular formula is C23H19N5O. The topological polar surface area (TPSA) is 86.0 Å². The van der Waals surface area contributed by atoms with Gasteiger partial charge in [0.1, 0.15) is 12.4 Å². The Hall–Kier alpha value is -3.95. The molecule has 2 aromatic carbocycles. The molecule has 0 saturated heterocycles. The minimum atomic E-state index is 0.371. The molecule has 2 aromatic heterocycles. The Kier molecular flexibility index (Phi) is 5.32. The largest absolute Gasteiger partial charge is 0.487 e. The van der Waals surface area contributed by atoms with Gasteiger partial charge in [-0.25, -0.2) is 9.97 Å². The van der Waals surface area contributed by atoms with Crippen LogP contribution in [0.25, 0.3) is 10.9 Å². The van der Waals surface area contributed by atoms with E-state index in [9.17, 15) is 0 Å². The number of aromatic nitrogens is 3. The maximum atomic E-state index is 5.93. The van der Waals surface area contributed by atoms with Crippen molar-refractivity contribution in [3.8, 4) is 18.1 Å². The molecule has 0 spiro atoms. The lowest BCUT2D eigenvalue weighted by Gasteiger charge is -2.11. The molecule has 0 fully saturated rings. The number of fused-ring (bicyclic) bond motifs is 1. The van der Waals surface area contributed by atoms with Crippen LogP contribution in [0.4, 0.5) is 11.6 Å². The Balaban J connectivity index is 1.62. The molecule has 2 heterocycles. The number of rotatable bonds is 6. The zero-order valence-electron chi connectivity index (χ0n) is 15.7. The minimum absolute atomic E-state index is 0.371. The number of nitrogens with zero attached hydrogens (tertiary/aromatic N) is 3. The summed E-state index contributed by atoms with van der Waals surface area (Å²) in [6.07, 6.45) is 10.9. The van der Waals surface area contributed by atoms with Gasteiger partial charge in [0.15, 0.2) is 0 Å². The highest BCUT2D eigenvalue weighted by atomic mass is 16.5. The fraction of sp³-hybridized carbons (Fsp3) is 0.0870. The van der Waals surface area contributed by atoms with Crippen LogP contribution in [0.5, 0.6) is 5.75 Å². The van der Waals surface area contributed by atoms with E-state index in [1.54, 1.807) is 18.6 Å². The summed E-state index contributed by atoms with van der Waals surface area (Å²) in [7, 11) is 0. The van der Waals surface area contributed by atoms with E-state index < -0.39 is 0 Å². The third kappa shape index (κ3) is 4.32. The van der Waals surface area contributed by atoms with Crippen LogP contribution in [0.1, 0.15) is 16.7 Å². The molecule has 0 unspecified atom stereocenters. The van der Waals surface area contributed by atoms with Gasteiger partial charge < -0.3 is 15.8 Å². The lowest BCUT2D eigenvalue weighted by Crippen LogP contribution is -2.01. The number of hydrogen-bond acceptors (Lipinski definition) is 6. The van der Waals surface area contributed by atoms with E-state index in [1.165, 1.54) is 0 Å². The molecule has 3 N–H and O–H groups in total. The SMILES string of the molecule is C#Cc1cc2cnc(Nc3cccc(CN)c3)nc2cc1OCc1cccnc1. The molecule has 0 bridgehead atoms. The van der Waals surface area contributed by atoms with Crippen molar-refractivity contribution >= 4 is 22.5 Å². The van der Waals surface area contributed by atoms with Gasteiger partial charge in [-0.05, 0) is 29.8 Å². The molecule has 142 valence electrons. The molecule has 6 heteroatoms. The van der Waals surface area contributed by atoms with E-state index in [1.807, 2.05) is 48.5 Å². The number of benzene rings is 2. The molecule has 0 amide bonds. The lowest BCUT2D eigenvalue weighted by atomic mass is 10.1. The van der Waals surface area contributed by atoms with Crippen molar-refractivity contribution < 1.29 is 4.74 Å². The fourth-order valence-corrected chi connectivity index (χ4v) is 2.90. The number of nitrogens with two attached hydrogens (primary N) is 1. The first-order chi connectivity index (χ1) is 14.2. The van der Waals surface area contributed by atoms with Gasteiger partial charge in [0.2, 0.25) is 5.95 Å². The Morgan fingerprint density at radius 3 is 2.76 bits per heavy atom. The second-order valence-corrected chi connectivity index (χ2v) is 6.42. The number of hydrogen-bond donors (Lipinski definition) is 2. The van der Waals surface area contributed by atoms with Crippen molar-refractivity contribution in [1.29, 1.82) is 0 Å². The van der Waals surface area contributed by atoms with Crippen molar-refractivity contribution in [3.05, 3.63) is 83.8 Å². The third-order valence-electron chi connectivity index (χ3n) is 4.37.